The maximum atomic E-state index is 13.9. The summed E-state index contributed by atoms with van der Waals surface area (Å²) in [6.45, 7) is 7.25. The molecule has 1 aliphatic heterocycles. The molecule has 35 heavy (non-hydrogen) atoms. The zero-order chi connectivity index (χ0) is 24.6. The molecule has 2 aliphatic rings. The molecule has 2 aromatic heterocycles. The Morgan fingerprint density at radius 3 is 2.63 bits per heavy atom. The summed E-state index contributed by atoms with van der Waals surface area (Å²) in [5, 5.41) is 3.28. The van der Waals surface area contributed by atoms with E-state index in [1.54, 1.807) is 11.0 Å². The first-order valence-corrected chi connectivity index (χ1v) is 12.8. The summed E-state index contributed by atoms with van der Waals surface area (Å²) in [6.07, 6.45) is 6.42. The molecule has 0 unspecified atom stereocenters. The molecule has 3 heterocycles. The van der Waals surface area contributed by atoms with Gasteiger partial charge in [-0.05, 0) is 50.8 Å². The second-order valence-corrected chi connectivity index (χ2v) is 10.2. The van der Waals surface area contributed by atoms with Crippen LogP contribution in [0.5, 0.6) is 5.75 Å². The highest BCUT2D eigenvalue weighted by atomic mass is 16.5. The van der Waals surface area contributed by atoms with Crippen LogP contribution in [0.2, 0.25) is 0 Å². The second kappa shape index (κ2) is 9.44. The molecule has 0 saturated heterocycles. The van der Waals surface area contributed by atoms with Crippen LogP contribution in [0.25, 0.3) is 11.1 Å². The van der Waals surface area contributed by atoms with Crippen molar-refractivity contribution in [3.8, 4) is 5.75 Å². The van der Waals surface area contributed by atoms with E-state index in [1.807, 2.05) is 48.7 Å². The molecule has 0 spiro atoms. The molecule has 3 aromatic rings. The zero-order valence-electron chi connectivity index (χ0n) is 20.9. The standard InChI is InChI=1S/C28H35N3O4/c1-4-14-34-22-12-10-20(11-13-22)17-31-26(32)24-16-25-23(15-19(2)35-25)30(24)18-28(31,3)27(33)29-21-8-6-5-7-9-21/h10-13,15-16,21H,4-9,14,17-18H2,1-3H3,(H,29,33)/t28-/m1/s1. The lowest BCUT2D eigenvalue weighted by Gasteiger charge is -2.44. The quantitative estimate of drug-likeness (QED) is 0.508. The molecular formula is C28H35N3O4. The minimum atomic E-state index is -1.03. The Morgan fingerprint density at radius 2 is 1.91 bits per heavy atom. The van der Waals surface area contributed by atoms with Gasteiger partial charge in [0.1, 0.15) is 22.7 Å². The van der Waals surface area contributed by atoms with Crippen LogP contribution in [-0.2, 0) is 17.9 Å². The number of amides is 2. The van der Waals surface area contributed by atoms with Crippen LogP contribution < -0.4 is 10.1 Å². The Labute approximate surface area is 206 Å². The maximum Gasteiger partial charge on any atom is 0.271 e. The van der Waals surface area contributed by atoms with E-state index < -0.39 is 5.54 Å². The van der Waals surface area contributed by atoms with Gasteiger partial charge < -0.3 is 23.9 Å². The van der Waals surface area contributed by atoms with Gasteiger partial charge in [0.05, 0.1) is 18.7 Å². The highest BCUT2D eigenvalue weighted by Gasteiger charge is 2.48. The molecule has 5 rings (SSSR count). The van der Waals surface area contributed by atoms with Gasteiger partial charge in [0.15, 0.2) is 5.58 Å². The molecule has 1 aliphatic carbocycles. The van der Waals surface area contributed by atoms with Gasteiger partial charge in [-0.25, -0.2) is 0 Å². The summed E-state index contributed by atoms with van der Waals surface area (Å²) in [4.78, 5) is 29.4. The normalized spacial score (nSPS) is 20.8. The van der Waals surface area contributed by atoms with Crippen LogP contribution in [0.4, 0.5) is 0 Å². The summed E-state index contributed by atoms with van der Waals surface area (Å²) in [6, 6.07) is 11.7. The first-order valence-electron chi connectivity index (χ1n) is 12.8. The van der Waals surface area contributed by atoms with Gasteiger partial charge in [0.25, 0.3) is 5.91 Å². The maximum absolute atomic E-state index is 13.9. The number of benzene rings is 1. The summed E-state index contributed by atoms with van der Waals surface area (Å²) >= 11 is 0. The minimum absolute atomic E-state index is 0.0895. The van der Waals surface area contributed by atoms with Crippen LogP contribution in [0.3, 0.4) is 0 Å². The third kappa shape index (κ3) is 4.44. The van der Waals surface area contributed by atoms with Crippen molar-refractivity contribution < 1.29 is 18.7 Å². The third-order valence-corrected chi connectivity index (χ3v) is 7.41. The van der Waals surface area contributed by atoms with Crippen LogP contribution in [0.1, 0.15) is 74.2 Å². The molecule has 1 aromatic carbocycles. The topological polar surface area (TPSA) is 76.7 Å². The SMILES string of the molecule is CCCOc1ccc(CN2C(=O)c3cc4oc(C)cc4n3C[C@]2(C)C(=O)NC2CCCCC2)cc1. The van der Waals surface area contributed by atoms with Gasteiger partial charge in [-0.1, -0.05) is 38.3 Å². The Bertz CT molecular complexity index is 1220. The fraction of sp³-hybridized carbons (Fsp3) is 0.500. The van der Waals surface area contributed by atoms with E-state index in [4.69, 9.17) is 9.15 Å². The number of carbonyl (C=O) groups excluding carboxylic acids is 2. The lowest BCUT2D eigenvalue weighted by molar-refractivity contribution is -0.134. The van der Waals surface area contributed by atoms with E-state index in [2.05, 4.69) is 12.2 Å². The van der Waals surface area contributed by atoms with Crippen molar-refractivity contribution in [2.75, 3.05) is 6.61 Å². The number of hydrogen-bond acceptors (Lipinski definition) is 4. The summed E-state index contributed by atoms with van der Waals surface area (Å²) < 4.78 is 13.5. The van der Waals surface area contributed by atoms with E-state index in [0.717, 1.165) is 54.7 Å². The second-order valence-electron chi connectivity index (χ2n) is 10.2. The molecule has 1 N–H and O–H groups in total. The Morgan fingerprint density at radius 1 is 1.17 bits per heavy atom. The molecule has 2 amide bonds. The van der Waals surface area contributed by atoms with Gasteiger partial charge in [0, 0.05) is 24.7 Å². The van der Waals surface area contributed by atoms with Gasteiger partial charge in [-0.15, -0.1) is 0 Å². The summed E-state index contributed by atoms with van der Waals surface area (Å²) in [5.41, 5.74) is 2.03. The molecular weight excluding hydrogens is 442 g/mol. The van der Waals surface area contributed by atoms with Crippen LogP contribution >= 0.6 is 0 Å². The molecule has 0 bridgehead atoms. The molecule has 186 valence electrons. The van der Waals surface area contributed by atoms with Crippen molar-refractivity contribution in [1.82, 2.24) is 14.8 Å². The average Bonchev–Trinajstić information content (AvgIpc) is 3.38. The van der Waals surface area contributed by atoms with Crippen molar-refractivity contribution in [1.29, 1.82) is 0 Å². The predicted octanol–water partition coefficient (Wildman–Crippen LogP) is 5.20. The summed E-state index contributed by atoms with van der Waals surface area (Å²) in [7, 11) is 0. The number of furan rings is 1. The Hall–Kier alpha value is -3.22. The zero-order valence-corrected chi connectivity index (χ0v) is 20.9. The van der Waals surface area contributed by atoms with Crippen molar-refractivity contribution >= 4 is 22.9 Å². The number of carbonyl (C=O) groups is 2. The average molecular weight is 478 g/mol. The number of nitrogens with one attached hydrogen (secondary N) is 1. The first-order chi connectivity index (χ1) is 16.9. The number of rotatable bonds is 7. The van der Waals surface area contributed by atoms with Gasteiger partial charge in [0.2, 0.25) is 5.91 Å². The Balaban J connectivity index is 1.47. The van der Waals surface area contributed by atoms with Crippen LogP contribution in [-0.4, -0.2) is 39.5 Å². The predicted molar refractivity (Wildman–Crippen MR) is 134 cm³/mol. The number of ether oxygens (including phenoxy) is 1. The van der Waals surface area contributed by atoms with Crippen molar-refractivity contribution in [3.63, 3.8) is 0 Å². The van der Waals surface area contributed by atoms with E-state index in [0.29, 0.717) is 31.0 Å². The smallest absolute Gasteiger partial charge is 0.271 e. The van der Waals surface area contributed by atoms with E-state index >= 15 is 0 Å². The number of aromatic nitrogens is 1. The van der Waals surface area contributed by atoms with Gasteiger partial charge in [-0.2, -0.15) is 0 Å². The van der Waals surface area contributed by atoms with Crippen LogP contribution in [0, 0.1) is 6.92 Å². The van der Waals surface area contributed by atoms with E-state index in [-0.39, 0.29) is 17.9 Å². The largest absolute Gasteiger partial charge is 0.494 e. The molecule has 1 fully saturated rings. The lowest BCUT2D eigenvalue weighted by atomic mass is 9.91. The fourth-order valence-electron chi connectivity index (χ4n) is 5.39. The van der Waals surface area contributed by atoms with Crippen molar-refractivity contribution in [2.45, 2.75) is 84.0 Å². The number of aryl methyl sites for hydroxylation is 1. The number of hydrogen-bond donors (Lipinski definition) is 1. The van der Waals surface area contributed by atoms with Crippen molar-refractivity contribution in [2.24, 2.45) is 0 Å². The van der Waals surface area contributed by atoms with Gasteiger partial charge in [-0.3, -0.25) is 9.59 Å². The Kier molecular flexibility index (Phi) is 6.34. The molecule has 7 heteroatoms. The molecule has 1 atom stereocenters. The highest BCUT2D eigenvalue weighted by Crippen LogP contribution is 2.35. The van der Waals surface area contributed by atoms with Crippen molar-refractivity contribution in [3.05, 3.63) is 53.4 Å². The fourth-order valence-corrected chi connectivity index (χ4v) is 5.39. The lowest BCUT2D eigenvalue weighted by Crippen LogP contribution is -2.64. The number of nitrogens with zero attached hydrogens (tertiary/aromatic N) is 2. The summed E-state index contributed by atoms with van der Waals surface area (Å²) in [5.74, 6) is 1.35. The van der Waals surface area contributed by atoms with E-state index in [1.165, 1.54) is 6.42 Å². The van der Waals surface area contributed by atoms with Crippen LogP contribution in [0.15, 0.2) is 40.8 Å². The number of fused-ring (bicyclic) bond motifs is 3. The minimum Gasteiger partial charge on any atom is -0.494 e. The highest BCUT2D eigenvalue weighted by molar-refractivity contribution is 6.03. The first kappa shape index (κ1) is 23.5. The molecule has 1 saturated carbocycles. The van der Waals surface area contributed by atoms with E-state index in [9.17, 15) is 9.59 Å². The van der Waals surface area contributed by atoms with Gasteiger partial charge >= 0.3 is 0 Å². The molecule has 0 radical (unpaired) electrons. The third-order valence-electron chi connectivity index (χ3n) is 7.41. The molecule has 7 nitrogen and oxygen atoms in total. The monoisotopic (exact) mass is 477 g/mol.